The third-order valence-corrected chi connectivity index (χ3v) is 2.70. The molecule has 0 aliphatic carbocycles. The summed E-state index contributed by atoms with van der Waals surface area (Å²) in [5.41, 5.74) is 0.808. The molecule has 1 aromatic rings. The maximum absolute atomic E-state index is 11.1. The van der Waals surface area contributed by atoms with Crippen molar-refractivity contribution in [1.82, 2.24) is 4.98 Å². The van der Waals surface area contributed by atoms with Gasteiger partial charge in [0, 0.05) is 11.9 Å². The van der Waals surface area contributed by atoms with Crippen LogP contribution >= 0.6 is 0 Å². The molecule has 0 bridgehead atoms. The van der Waals surface area contributed by atoms with Gasteiger partial charge < -0.3 is 0 Å². The van der Waals surface area contributed by atoms with Crippen LogP contribution in [0.15, 0.2) is 23.2 Å². The Balaban J connectivity index is 3.21. The predicted octanol–water partition coefficient (Wildman–Crippen LogP) is 1.61. The first-order valence-corrected chi connectivity index (χ1v) is 5.97. The van der Waals surface area contributed by atoms with Gasteiger partial charge in [-0.05, 0) is 18.1 Å². The molecule has 0 fully saturated rings. The molecule has 4 heteroatoms. The van der Waals surface area contributed by atoms with E-state index in [0.717, 1.165) is 5.69 Å². The van der Waals surface area contributed by atoms with Crippen LogP contribution in [-0.4, -0.2) is 19.7 Å². The van der Waals surface area contributed by atoms with Crippen molar-refractivity contribution >= 4 is 9.84 Å². The van der Waals surface area contributed by atoms with Gasteiger partial charge >= 0.3 is 0 Å². The highest BCUT2D eigenvalue weighted by atomic mass is 32.2. The predicted molar refractivity (Wildman–Crippen MR) is 51.4 cm³/mol. The van der Waals surface area contributed by atoms with Crippen molar-refractivity contribution in [2.45, 2.75) is 24.8 Å². The molecule has 0 radical (unpaired) electrons. The molecule has 1 rings (SSSR count). The minimum Gasteiger partial charge on any atom is -0.241 e. The van der Waals surface area contributed by atoms with Crippen molar-refractivity contribution in [2.24, 2.45) is 0 Å². The van der Waals surface area contributed by atoms with Gasteiger partial charge in [0.05, 0.1) is 0 Å². The Morgan fingerprint density at radius 2 is 1.92 bits per heavy atom. The van der Waals surface area contributed by atoms with Gasteiger partial charge in [-0.25, -0.2) is 13.4 Å². The molecule has 1 aromatic heterocycles. The molecule has 3 nitrogen and oxygen atoms in total. The Bertz CT molecular complexity index is 396. The van der Waals surface area contributed by atoms with Gasteiger partial charge in [0.2, 0.25) is 0 Å². The molecule has 0 aromatic carbocycles. The van der Waals surface area contributed by atoms with E-state index in [1.165, 1.54) is 12.3 Å². The highest BCUT2D eigenvalue weighted by Gasteiger charge is 2.10. The summed E-state index contributed by atoms with van der Waals surface area (Å²) < 4.78 is 22.3. The van der Waals surface area contributed by atoms with Gasteiger partial charge in [-0.15, -0.1) is 0 Å². The number of sulfone groups is 1. The summed E-state index contributed by atoms with van der Waals surface area (Å²) in [7, 11) is -3.17. The van der Waals surface area contributed by atoms with Crippen LogP contribution in [0.5, 0.6) is 0 Å². The fourth-order valence-electron chi connectivity index (χ4n) is 0.959. The lowest BCUT2D eigenvalue weighted by Crippen LogP contribution is -2.03. The molecular weight excluding hydrogens is 186 g/mol. The first-order valence-electron chi connectivity index (χ1n) is 4.08. The summed E-state index contributed by atoms with van der Waals surface area (Å²) >= 11 is 0. The van der Waals surface area contributed by atoms with E-state index in [0.29, 0.717) is 0 Å². The van der Waals surface area contributed by atoms with Gasteiger partial charge in [-0.2, -0.15) is 0 Å². The highest BCUT2D eigenvalue weighted by Crippen LogP contribution is 2.13. The normalized spacial score (nSPS) is 12.0. The Hall–Kier alpha value is -0.900. The topological polar surface area (TPSA) is 47.0 Å². The molecule has 0 saturated heterocycles. The van der Waals surface area contributed by atoms with Crippen LogP contribution in [0.4, 0.5) is 0 Å². The van der Waals surface area contributed by atoms with E-state index >= 15 is 0 Å². The van der Waals surface area contributed by atoms with Crippen LogP contribution < -0.4 is 0 Å². The molecular formula is C9H13NO2S. The Morgan fingerprint density at radius 3 is 2.38 bits per heavy atom. The third-order valence-electron chi connectivity index (χ3n) is 1.72. The summed E-state index contributed by atoms with van der Waals surface area (Å²) in [6.45, 7) is 3.96. The Labute approximate surface area is 78.7 Å². The Morgan fingerprint density at radius 1 is 1.31 bits per heavy atom. The maximum atomic E-state index is 11.1. The smallest absolute Gasteiger partial charge is 0.192 e. The van der Waals surface area contributed by atoms with E-state index in [4.69, 9.17) is 0 Å². The van der Waals surface area contributed by atoms with E-state index < -0.39 is 9.84 Å². The van der Waals surface area contributed by atoms with Gasteiger partial charge in [-0.1, -0.05) is 19.9 Å². The lowest BCUT2D eigenvalue weighted by atomic mass is 10.1. The molecule has 13 heavy (non-hydrogen) atoms. The third kappa shape index (κ3) is 2.52. The molecule has 0 spiro atoms. The minimum atomic E-state index is -3.17. The van der Waals surface area contributed by atoms with Crippen molar-refractivity contribution in [1.29, 1.82) is 0 Å². The van der Waals surface area contributed by atoms with Crippen LogP contribution in [0.3, 0.4) is 0 Å². The van der Waals surface area contributed by atoms with E-state index in [1.807, 2.05) is 19.9 Å². The summed E-state index contributed by atoms with van der Waals surface area (Å²) in [4.78, 5) is 4.06. The van der Waals surface area contributed by atoms with Gasteiger partial charge in [0.25, 0.3) is 0 Å². The lowest BCUT2D eigenvalue weighted by Gasteiger charge is -2.05. The summed E-state index contributed by atoms with van der Waals surface area (Å²) in [5, 5.41) is 0.152. The molecule has 0 N–H and O–H groups in total. The standard InChI is InChI=1S/C9H13NO2S/c1-7(2)8-5-4-6-9(10-8)13(3,11)12/h4-7H,1-3H3. The Kier molecular flexibility index (Phi) is 2.71. The van der Waals surface area contributed by atoms with E-state index in [2.05, 4.69) is 4.98 Å². The van der Waals surface area contributed by atoms with E-state index in [9.17, 15) is 8.42 Å². The summed E-state index contributed by atoms with van der Waals surface area (Å²) in [5.74, 6) is 0.252. The number of aromatic nitrogens is 1. The zero-order valence-corrected chi connectivity index (χ0v) is 8.80. The number of hydrogen-bond donors (Lipinski definition) is 0. The fourth-order valence-corrected chi connectivity index (χ4v) is 1.56. The average molecular weight is 199 g/mol. The van der Waals surface area contributed by atoms with Crippen molar-refractivity contribution in [3.05, 3.63) is 23.9 Å². The summed E-state index contributed by atoms with van der Waals surface area (Å²) in [6, 6.07) is 5.07. The van der Waals surface area contributed by atoms with Crippen molar-refractivity contribution in [3.8, 4) is 0 Å². The maximum Gasteiger partial charge on any atom is 0.192 e. The average Bonchev–Trinajstić information content (AvgIpc) is 2.03. The van der Waals surface area contributed by atoms with Crippen LogP contribution in [0.2, 0.25) is 0 Å². The second-order valence-corrected chi connectivity index (χ2v) is 5.29. The molecule has 0 aliphatic heterocycles. The molecule has 1 heterocycles. The summed E-state index contributed by atoms with van der Waals surface area (Å²) in [6.07, 6.45) is 1.17. The molecule has 0 aliphatic rings. The van der Waals surface area contributed by atoms with Crippen molar-refractivity contribution < 1.29 is 8.42 Å². The number of nitrogens with zero attached hydrogens (tertiary/aromatic N) is 1. The fraction of sp³-hybridized carbons (Fsp3) is 0.444. The molecule has 0 unspecified atom stereocenters. The second-order valence-electron chi connectivity index (χ2n) is 3.33. The van der Waals surface area contributed by atoms with Crippen LogP contribution in [0.25, 0.3) is 0 Å². The minimum absolute atomic E-state index is 0.152. The molecule has 0 amide bonds. The molecule has 0 atom stereocenters. The first-order chi connectivity index (χ1) is 5.91. The zero-order chi connectivity index (χ0) is 10.1. The van der Waals surface area contributed by atoms with Crippen LogP contribution in [0, 0.1) is 0 Å². The number of rotatable bonds is 2. The SMILES string of the molecule is CC(C)c1cccc(S(C)(=O)=O)n1. The number of pyridine rings is 1. The lowest BCUT2D eigenvalue weighted by molar-refractivity contribution is 0.597. The van der Waals surface area contributed by atoms with Gasteiger partial charge in [0.1, 0.15) is 0 Å². The monoisotopic (exact) mass is 199 g/mol. The van der Waals surface area contributed by atoms with Crippen molar-refractivity contribution in [3.63, 3.8) is 0 Å². The van der Waals surface area contributed by atoms with E-state index in [1.54, 1.807) is 6.07 Å². The van der Waals surface area contributed by atoms with E-state index in [-0.39, 0.29) is 10.9 Å². The first kappa shape index (κ1) is 10.2. The van der Waals surface area contributed by atoms with Crippen molar-refractivity contribution in [2.75, 3.05) is 6.26 Å². The largest absolute Gasteiger partial charge is 0.241 e. The molecule has 0 saturated carbocycles. The van der Waals surface area contributed by atoms with Crippen LogP contribution in [0.1, 0.15) is 25.5 Å². The zero-order valence-electron chi connectivity index (χ0n) is 7.98. The van der Waals surface area contributed by atoms with Crippen LogP contribution in [-0.2, 0) is 9.84 Å². The number of hydrogen-bond acceptors (Lipinski definition) is 3. The molecule has 72 valence electrons. The quantitative estimate of drug-likeness (QED) is 0.727. The van der Waals surface area contributed by atoms with Gasteiger partial charge in [-0.3, -0.25) is 0 Å². The van der Waals surface area contributed by atoms with Gasteiger partial charge in [0.15, 0.2) is 14.9 Å². The highest BCUT2D eigenvalue weighted by molar-refractivity contribution is 7.90. The second kappa shape index (κ2) is 3.46.